The molecule has 0 fully saturated rings. The largest absolute Gasteiger partial charge is 0.228 e. The second-order valence-electron chi connectivity index (χ2n) is 2.96. The van der Waals surface area contributed by atoms with Gasteiger partial charge >= 0.3 is 0 Å². The van der Waals surface area contributed by atoms with E-state index >= 15 is 0 Å². The third-order valence-electron chi connectivity index (χ3n) is 1.86. The van der Waals surface area contributed by atoms with E-state index in [0.29, 0.717) is 6.54 Å². The monoisotopic (exact) mass is 233 g/mol. The highest BCUT2D eigenvalue weighted by molar-refractivity contribution is 7.90. The Balaban J connectivity index is 2.72. The number of hydrogen-bond acceptors (Lipinski definition) is 2. The third kappa shape index (κ3) is 2.97. The SMILES string of the molecule is CN(Cc1ccccc1)S(=O)(=O)CCl. The van der Waals surface area contributed by atoms with Gasteiger partial charge in [-0.25, -0.2) is 8.42 Å². The number of alkyl halides is 1. The minimum atomic E-state index is -3.30. The zero-order chi connectivity index (χ0) is 10.6. The van der Waals surface area contributed by atoms with Crippen molar-refractivity contribution in [2.24, 2.45) is 0 Å². The first-order chi connectivity index (χ1) is 6.56. The predicted molar refractivity (Wildman–Crippen MR) is 57.5 cm³/mol. The van der Waals surface area contributed by atoms with E-state index in [1.807, 2.05) is 30.3 Å². The molecule has 5 heteroatoms. The van der Waals surface area contributed by atoms with Gasteiger partial charge in [-0.2, -0.15) is 4.31 Å². The first-order valence-corrected chi connectivity index (χ1v) is 6.24. The molecule has 3 nitrogen and oxygen atoms in total. The van der Waals surface area contributed by atoms with Gasteiger partial charge in [-0.3, -0.25) is 0 Å². The number of sulfonamides is 1. The van der Waals surface area contributed by atoms with Gasteiger partial charge in [-0.05, 0) is 5.56 Å². The molecule has 78 valence electrons. The van der Waals surface area contributed by atoms with Gasteiger partial charge in [0.05, 0.1) is 0 Å². The molecule has 0 heterocycles. The molecular weight excluding hydrogens is 222 g/mol. The zero-order valence-corrected chi connectivity index (χ0v) is 9.42. The third-order valence-corrected chi connectivity index (χ3v) is 4.04. The molecule has 0 amide bonds. The Labute approximate surface area is 89.4 Å². The molecule has 0 unspecified atom stereocenters. The molecule has 0 bridgehead atoms. The van der Waals surface area contributed by atoms with E-state index < -0.39 is 10.0 Å². The molecule has 0 aliphatic heterocycles. The Morgan fingerprint density at radius 1 is 1.29 bits per heavy atom. The Bertz CT molecular complexity index is 377. The lowest BCUT2D eigenvalue weighted by molar-refractivity contribution is 0.471. The van der Waals surface area contributed by atoms with E-state index in [4.69, 9.17) is 11.6 Å². The molecule has 14 heavy (non-hydrogen) atoms. The summed E-state index contributed by atoms with van der Waals surface area (Å²) >= 11 is 5.32. The molecule has 0 N–H and O–H groups in total. The average molecular weight is 234 g/mol. The fourth-order valence-electron chi connectivity index (χ4n) is 1.02. The Morgan fingerprint density at radius 3 is 2.36 bits per heavy atom. The molecule has 1 aromatic carbocycles. The molecular formula is C9H12ClNO2S. The van der Waals surface area contributed by atoms with Gasteiger partial charge < -0.3 is 0 Å². The fourth-order valence-corrected chi connectivity index (χ4v) is 2.03. The smallest absolute Gasteiger partial charge is 0.211 e. The summed E-state index contributed by atoms with van der Waals surface area (Å²) in [6, 6.07) is 9.38. The maximum atomic E-state index is 11.3. The van der Waals surface area contributed by atoms with Crippen LogP contribution in [0.2, 0.25) is 0 Å². The van der Waals surface area contributed by atoms with Gasteiger partial charge in [-0.1, -0.05) is 30.3 Å². The summed E-state index contributed by atoms with van der Waals surface area (Å²) in [6.45, 7) is 0.357. The van der Waals surface area contributed by atoms with Crippen molar-refractivity contribution in [1.82, 2.24) is 4.31 Å². The van der Waals surface area contributed by atoms with Gasteiger partial charge in [0.2, 0.25) is 10.0 Å². The highest BCUT2D eigenvalue weighted by Crippen LogP contribution is 2.07. The summed E-state index contributed by atoms with van der Waals surface area (Å²) in [5.74, 6) is 0. The van der Waals surface area contributed by atoms with Crippen molar-refractivity contribution in [2.45, 2.75) is 6.54 Å². The van der Waals surface area contributed by atoms with Crippen LogP contribution < -0.4 is 0 Å². The van der Waals surface area contributed by atoms with Crippen LogP contribution in [0.15, 0.2) is 30.3 Å². The van der Waals surface area contributed by atoms with Crippen molar-refractivity contribution in [3.05, 3.63) is 35.9 Å². The van der Waals surface area contributed by atoms with Gasteiger partial charge in [0, 0.05) is 13.6 Å². The van der Waals surface area contributed by atoms with Crippen LogP contribution in [0.3, 0.4) is 0 Å². The van der Waals surface area contributed by atoms with E-state index in [9.17, 15) is 8.42 Å². The predicted octanol–water partition coefficient (Wildman–Crippen LogP) is 1.64. The molecule has 0 spiro atoms. The summed E-state index contributed by atoms with van der Waals surface area (Å²) in [4.78, 5) is 0. The van der Waals surface area contributed by atoms with Gasteiger partial charge in [0.25, 0.3) is 0 Å². The number of benzene rings is 1. The summed E-state index contributed by atoms with van der Waals surface area (Å²) < 4.78 is 23.8. The lowest BCUT2D eigenvalue weighted by Crippen LogP contribution is -2.27. The topological polar surface area (TPSA) is 37.4 Å². The van der Waals surface area contributed by atoms with Crippen LogP contribution in [-0.4, -0.2) is 25.0 Å². The number of hydrogen-bond donors (Lipinski definition) is 0. The van der Waals surface area contributed by atoms with E-state index in [0.717, 1.165) is 5.56 Å². The molecule has 0 saturated heterocycles. The molecule has 1 aromatic rings. The minimum Gasteiger partial charge on any atom is -0.211 e. The molecule has 0 atom stereocenters. The molecule has 0 aliphatic rings. The van der Waals surface area contributed by atoms with Crippen LogP contribution in [0, 0.1) is 0 Å². The average Bonchev–Trinajstić information content (AvgIpc) is 2.19. The van der Waals surface area contributed by atoms with E-state index in [1.165, 1.54) is 11.4 Å². The zero-order valence-electron chi connectivity index (χ0n) is 7.85. The number of halogens is 1. The number of rotatable bonds is 4. The van der Waals surface area contributed by atoms with Crippen LogP contribution in [0.1, 0.15) is 5.56 Å². The Hall–Kier alpha value is -0.580. The maximum Gasteiger partial charge on any atom is 0.228 e. The molecule has 0 radical (unpaired) electrons. The highest BCUT2D eigenvalue weighted by Gasteiger charge is 2.15. The second kappa shape index (κ2) is 4.77. The Morgan fingerprint density at radius 2 is 1.86 bits per heavy atom. The van der Waals surface area contributed by atoms with Crippen LogP contribution in [0.4, 0.5) is 0 Å². The van der Waals surface area contributed by atoms with Crippen molar-refractivity contribution in [3.8, 4) is 0 Å². The quantitative estimate of drug-likeness (QED) is 0.742. The molecule has 1 rings (SSSR count). The summed E-state index contributed by atoms with van der Waals surface area (Å²) in [5, 5.41) is -0.379. The van der Waals surface area contributed by atoms with Gasteiger partial charge in [-0.15, -0.1) is 11.6 Å². The normalized spacial score (nSPS) is 11.9. The van der Waals surface area contributed by atoms with Crippen molar-refractivity contribution >= 4 is 21.6 Å². The van der Waals surface area contributed by atoms with Crippen LogP contribution >= 0.6 is 11.6 Å². The lowest BCUT2D eigenvalue weighted by atomic mass is 10.2. The van der Waals surface area contributed by atoms with Crippen molar-refractivity contribution in [2.75, 3.05) is 12.3 Å². The maximum absolute atomic E-state index is 11.3. The van der Waals surface area contributed by atoms with Gasteiger partial charge in [0.15, 0.2) is 0 Å². The first kappa shape index (κ1) is 11.5. The van der Waals surface area contributed by atoms with Crippen LogP contribution in [-0.2, 0) is 16.6 Å². The van der Waals surface area contributed by atoms with Crippen molar-refractivity contribution in [3.63, 3.8) is 0 Å². The van der Waals surface area contributed by atoms with Crippen molar-refractivity contribution < 1.29 is 8.42 Å². The highest BCUT2D eigenvalue weighted by atomic mass is 35.5. The van der Waals surface area contributed by atoms with Crippen molar-refractivity contribution in [1.29, 1.82) is 0 Å². The van der Waals surface area contributed by atoms with E-state index in [-0.39, 0.29) is 5.21 Å². The fraction of sp³-hybridized carbons (Fsp3) is 0.333. The summed E-state index contributed by atoms with van der Waals surface area (Å²) in [7, 11) is -1.78. The van der Waals surface area contributed by atoms with Crippen LogP contribution in [0.5, 0.6) is 0 Å². The summed E-state index contributed by atoms with van der Waals surface area (Å²) in [6.07, 6.45) is 0. The Kier molecular flexibility index (Phi) is 3.92. The number of nitrogens with zero attached hydrogens (tertiary/aromatic N) is 1. The minimum absolute atomic E-state index is 0.357. The van der Waals surface area contributed by atoms with E-state index in [2.05, 4.69) is 0 Å². The lowest BCUT2D eigenvalue weighted by Gasteiger charge is -2.14. The first-order valence-electron chi connectivity index (χ1n) is 4.10. The molecule has 0 saturated carbocycles. The molecule has 0 aliphatic carbocycles. The summed E-state index contributed by atoms with van der Waals surface area (Å²) in [5.41, 5.74) is 0.948. The van der Waals surface area contributed by atoms with Gasteiger partial charge in [0.1, 0.15) is 5.21 Å². The van der Waals surface area contributed by atoms with Crippen LogP contribution in [0.25, 0.3) is 0 Å². The standard InChI is InChI=1S/C9H12ClNO2S/c1-11(14(12,13)8-10)7-9-5-3-2-4-6-9/h2-6H,7-8H2,1H3. The second-order valence-corrected chi connectivity index (χ2v) is 5.62. The van der Waals surface area contributed by atoms with E-state index in [1.54, 1.807) is 0 Å². The molecule has 0 aromatic heterocycles.